The molecule has 0 aromatic heterocycles. The molecule has 0 heterocycles. The number of esters is 1. The molecule has 0 fully saturated rings. The highest BCUT2D eigenvalue weighted by Gasteiger charge is 2.45. The number of para-hydroxylation sites is 1. The summed E-state index contributed by atoms with van der Waals surface area (Å²) in [5, 5.41) is 3.30. The van der Waals surface area contributed by atoms with E-state index in [2.05, 4.69) is 5.32 Å². The minimum absolute atomic E-state index is 0.0229. The van der Waals surface area contributed by atoms with Gasteiger partial charge in [0.25, 0.3) is 0 Å². The zero-order valence-corrected chi connectivity index (χ0v) is 15.9. The van der Waals surface area contributed by atoms with Crippen LogP contribution in [0.4, 0.5) is 5.69 Å². The van der Waals surface area contributed by atoms with Gasteiger partial charge in [-0.2, -0.15) is 0 Å². The molecular weight excluding hydrogens is 326 g/mol. The van der Waals surface area contributed by atoms with Crippen molar-refractivity contribution in [1.82, 2.24) is 0 Å². The molecule has 4 heteroatoms. The number of Topliss-reactive ketones (excluding diaryl/α,β-unsaturated/α-hetero) is 1. The Bertz CT molecular complexity index is 726. The van der Waals surface area contributed by atoms with Crippen LogP contribution in [0, 0.1) is 5.92 Å². The Balaban J connectivity index is 2.40. The Morgan fingerprint density at radius 3 is 1.96 bits per heavy atom. The van der Waals surface area contributed by atoms with Gasteiger partial charge in [-0.25, -0.2) is 4.79 Å². The lowest BCUT2D eigenvalue weighted by Crippen LogP contribution is -2.54. The molecular formula is C22H27NO3. The van der Waals surface area contributed by atoms with Gasteiger partial charge in [0.15, 0.2) is 5.78 Å². The number of ether oxygens (including phenoxy) is 1. The standard InChI is InChI=1S/C22H27NO3/c1-16(2)22(21(25)26-17(3)4,23-19-13-9-6-10-14-19)15-20(24)18-11-7-5-8-12-18/h5-14,16-17,23H,15H2,1-4H3. The average molecular weight is 353 g/mol. The first kappa shape index (κ1) is 19.7. The summed E-state index contributed by atoms with van der Waals surface area (Å²) in [5.74, 6) is -0.652. The van der Waals surface area contributed by atoms with Crippen molar-refractivity contribution in [2.75, 3.05) is 5.32 Å². The van der Waals surface area contributed by atoms with Crippen molar-refractivity contribution in [1.29, 1.82) is 0 Å². The van der Waals surface area contributed by atoms with E-state index in [1.807, 2.05) is 76.2 Å². The second-order valence-corrected chi connectivity index (χ2v) is 7.04. The molecule has 0 radical (unpaired) electrons. The molecule has 0 aliphatic heterocycles. The maximum Gasteiger partial charge on any atom is 0.332 e. The minimum atomic E-state index is -1.14. The lowest BCUT2D eigenvalue weighted by atomic mass is 9.80. The maximum absolute atomic E-state index is 13.1. The van der Waals surface area contributed by atoms with Gasteiger partial charge in [0.1, 0.15) is 5.54 Å². The van der Waals surface area contributed by atoms with Crippen molar-refractivity contribution in [3.63, 3.8) is 0 Å². The van der Waals surface area contributed by atoms with E-state index >= 15 is 0 Å². The molecule has 2 rings (SSSR count). The third-order valence-electron chi connectivity index (χ3n) is 4.37. The SMILES string of the molecule is CC(C)OC(=O)C(CC(=O)c1ccccc1)(Nc1ccccc1)C(C)C. The average Bonchev–Trinajstić information content (AvgIpc) is 2.61. The van der Waals surface area contributed by atoms with Gasteiger partial charge in [0, 0.05) is 17.7 Å². The fourth-order valence-electron chi connectivity index (χ4n) is 2.83. The van der Waals surface area contributed by atoms with Gasteiger partial charge in [-0.1, -0.05) is 62.4 Å². The summed E-state index contributed by atoms with van der Waals surface area (Å²) in [6.45, 7) is 7.47. The second-order valence-electron chi connectivity index (χ2n) is 7.04. The molecule has 138 valence electrons. The van der Waals surface area contributed by atoms with Gasteiger partial charge >= 0.3 is 5.97 Å². The van der Waals surface area contributed by atoms with Crippen LogP contribution in [0.5, 0.6) is 0 Å². The summed E-state index contributed by atoms with van der Waals surface area (Å²) >= 11 is 0. The van der Waals surface area contributed by atoms with E-state index in [4.69, 9.17) is 4.74 Å². The third-order valence-corrected chi connectivity index (χ3v) is 4.37. The smallest absolute Gasteiger partial charge is 0.332 e. The van der Waals surface area contributed by atoms with E-state index in [-0.39, 0.29) is 24.2 Å². The highest BCUT2D eigenvalue weighted by atomic mass is 16.5. The number of carbonyl (C=O) groups is 2. The normalized spacial score (nSPS) is 13.3. The van der Waals surface area contributed by atoms with E-state index in [9.17, 15) is 9.59 Å². The summed E-state index contributed by atoms with van der Waals surface area (Å²) < 4.78 is 5.53. The molecule has 0 saturated heterocycles. The summed E-state index contributed by atoms with van der Waals surface area (Å²) in [4.78, 5) is 25.9. The summed E-state index contributed by atoms with van der Waals surface area (Å²) in [5.41, 5.74) is 0.228. The summed E-state index contributed by atoms with van der Waals surface area (Å²) in [7, 11) is 0. The van der Waals surface area contributed by atoms with Crippen molar-refractivity contribution in [3.05, 3.63) is 66.2 Å². The van der Waals surface area contributed by atoms with Crippen LogP contribution in [0.1, 0.15) is 44.5 Å². The Kier molecular flexibility index (Phi) is 6.56. The maximum atomic E-state index is 13.1. The highest BCUT2D eigenvalue weighted by Crippen LogP contribution is 2.30. The molecule has 1 N–H and O–H groups in total. The van der Waals surface area contributed by atoms with Crippen LogP contribution in [0.15, 0.2) is 60.7 Å². The molecule has 0 amide bonds. The summed E-state index contributed by atoms with van der Waals surface area (Å²) in [6.07, 6.45) is -0.236. The predicted molar refractivity (Wildman–Crippen MR) is 104 cm³/mol. The van der Waals surface area contributed by atoms with Crippen LogP contribution < -0.4 is 5.32 Å². The van der Waals surface area contributed by atoms with Crippen molar-refractivity contribution >= 4 is 17.4 Å². The van der Waals surface area contributed by atoms with Crippen LogP contribution in [-0.2, 0) is 9.53 Å². The summed E-state index contributed by atoms with van der Waals surface area (Å²) in [6, 6.07) is 18.5. The number of rotatable bonds is 8. The van der Waals surface area contributed by atoms with Gasteiger partial charge in [-0.15, -0.1) is 0 Å². The van der Waals surface area contributed by atoms with Gasteiger partial charge in [0.05, 0.1) is 6.10 Å². The van der Waals surface area contributed by atoms with Crippen LogP contribution in [0.25, 0.3) is 0 Å². The van der Waals surface area contributed by atoms with Crippen molar-refractivity contribution in [2.24, 2.45) is 5.92 Å². The molecule has 26 heavy (non-hydrogen) atoms. The number of hydrogen-bond acceptors (Lipinski definition) is 4. The van der Waals surface area contributed by atoms with Crippen molar-refractivity contribution < 1.29 is 14.3 Å². The Hall–Kier alpha value is -2.62. The Morgan fingerprint density at radius 2 is 1.46 bits per heavy atom. The molecule has 1 unspecified atom stereocenters. The minimum Gasteiger partial charge on any atom is -0.461 e. The molecule has 4 nitrogen and oxygen atoms in total. The largest absolute Gasteiger partial charge is 0.461 e. The molecule has 0 aliphatic carbocycles. The van der Waals surface area contributed by atoms with E-state index < -0.39 is 11.5 Å². The zero-order chi connectivity index (χ0) is 19.2. The number of carbonyl (C=O) groups excluding carboxylic acids is 2. The van der Waals surface area contributed by atoms with Crippen LogP contribution in [0.3, 0.4) is 0 Å². The van der Waals surface area contributed by atoms with Gasteiger partial charge in [0.2, 0.25) is 0 Å². The third kappa shape index (κ3) is 4.72. The van der Waals surface area contributed by atoms with Gasteiger partial charge in [-0.3, -0.25) is 4.79 Å². The van der Waals surface area contributed by atoms with E-state index in [0.717, 1.165) is 5.69 Å². The Labute approximate surface area is 155 Å². The first-order valence-corrected chi connectivity index (χ1v) is 8.97. The number of nitrogens with one attached hydrogen (secondary N) is 1. The van der Waals surface area contributed by atoms with Crippen molar-refractivity contribution in [3.8, 4) is 0 Å². The quantitative estimate of drug-likeness (QED) is 0.551. The van der Waals surface area contributed by atoms with Crippen LogP contribution >= 0.6 is 0 Å². The molecule has 2 aromatic carbocycles. The first-order chi connectivity index (χ1) is 12.3. The fourth-order valence-corrected chi connectivity index (χ4v) is 2.83. The molecule has 0 saturated carbocycles. The topological polar surface area (TPSA) is 55.4 Å². The van der Waals surface area contributed by atoms with E-state index in [1.165, 1.54) is 0 Å². The number of ketones is 1. The number of benzene rings is 2. The molecule has 2 aromatic rings. The molecule has 0 aliphatic rings. The molecule has 0 spiro atoms. The first-order valence-electron chi connectivity index (χ1n) is 8.97. The lowest BCUT2D eigenvalue weighted by Gasteiger charge is -2.37. The second kappa shape index (κ2) is 8.65. The lowest BCUT2D eigenvalue weighted by molar-refractivity contribution is -0.154. The van der Waals surface area contributed by atoms with E-state index in [0.29, 0.717) is 5.56 Å². The highest BCUT2D eigenvalue weighted by molar-refractivity contribution is 6.01. The van der Waals surface area contributed by atoms with Gasteiger partial charge < -0.3 is 10.1 Å². The monoisotopic (exact) mass is 353 g/mol. The fraction of sp³-hybridized carbons (Fsp3) is 0.364. The van der Waals surface area contributed by atoms with Crippen LogP contribution in [-0.4, -0.2) is 23.4 Å². The molecule has 0 bridgehead atoms. The van der Waals surface area contributed by atoms with Crippen LogP contribution in [0.2, 0.25) is 0 Å². The number of anilines is 1. The number of hydrogen-bond donors (Lipinski definition) is 1. The predicted octanol–water partition coefficient (Wildman–Crippen LogP) is 4.72. The zero-order valence-electron chi connectivity index (χ0n) is 15.9. The Morgan fingerprint density at radius 1 is 0.923 bits per heavy atom. The van der Waals surface area contributed by atoms with Gasteiger partial charge in [-0.05, 0) is 31.9 Å². The van der Waals surface area contributed by atoms with E-state index in [1.54, 1.807) is 12.1 Å². The molecule has 1 atom stereocenters. The van der Waals surface area contributed by atoms with Crippen molar-refractivity contribution in [2.45, 2.75) is 45.8 Å².